The molecule has 0 radical (unpaired) electrons. The van der Waals surface area contributed by atoms with Gasteiger partial charge in [-0.1, -0.05) is 13.8 Å². The number of hydrogen-bond acceptors (Lipinski definition) is 5. The van der Waals surface area contributed by atoms with Crippen LogP contribution >= 0.6 is 11.3 Å². The van der Waals surface area contributed by atoms with Crippen molar-refractivity contribution < 1.29 is 8.42 Å². The molecular weight excluding hydrogens is 270 g/mol. The molecule has 1 aliphatic rings. The van der Waals surface area contributed by atoms with Crippen molar-refractivity contribution in [2.75, 3.05) is 17.0 Å². The number of thiazole rings is 1. The average molecular weight is 289 g/mol. The minimum Gasteiger partial charge on any atom is -0.313 e. The summed E-state index contributed by atoms with van der Waals surface area (Å²) in [6.45, 7) is 4.44. The van der Waals surface area contributed by atoms with E-state index in [-0.39, 0.29) is 5.75 Å². The summed E-state index contributed by atoms with van der Waals surface area (Å²) in [5.74, 6) is 0.0788. The number of rotatable bonds is 6. The monoisotopic (exact) mass is 289 g/mol. The van der Waals surface area contributed by atoms with E-state index >= 15 is 0 Å². The van der Waals surface area contributed by atoms with Crippen molar-refractivity contribution in [3.05, 3.63) is 10.6 Å². The summed E-state index contributed by atoms with van der Waals surface area (Å²) in [5.41, 5.74) is 1.07. The summed E-state index contributed by atoms with van der Waals surface area (Å²) in [6.07, 6.45) is 3.14. The molecule has 1 aromatic heterocycles. The van der Waals surface area contributed by atoms with Gasteiger partial charge in [0.1, 0.15) is 0 Å². The molecule has 0 bridgehead atoms. The van der Waals surface area contributed by atoms with Gasteiger partial charge in [-0.3, -0.25) is 4.72 Å². The normalized spacial score (nSPS) is 15.1. The summed E-state index contributed by atoms with van der Waals surface area (Å²) in [5, 5.41) is 3.61. The number of aryl methyl sites for hydroxylation is 2. The summed E-state index contributed by atoms with van der Waals surface area (Å²) in [4.78, 5) is 5.56. The van der Waals surface area contributed by atoms with Crippen molar-refractivity contribution in [3.63, 3.8) is 0 Å². The fourth-order valence-electron chi connectivity index (χ4n) is 1.90. The van der Waals surface area contributed by atoms with Crippen molar-refractivity contribution in [2.45, 2.75) is 39.2 Å². The molecule has 0 spiro atoms. The maximum absolute atomic E-state index is 11.8. The van der Waals surface area contributed by atoms with Crippen molar-refractivity contribution in [3.8, 4) is 0 Å². The predicted molar refractivity (Wildman–Crippen MR) is 74.7 cm³/mol. The Balaban J connectivity index is 1.91. The molecule has 7 heteroatoms. The van der Waals surface area contributed by atoms with Gasteiger partial charge in [-0.2, -0.15) is 0 Å². The molecule has 0 saturated heterocycles. The second-order valence-electron chi connectivity index (χ2n) is 4.77. The molecule has 2 N–H and O–H groups in total. The fourth-order valence-corrected chi connectivity index (χ4v) is 4.15. The Morgan fingerprint density at radius 3 is 2.83 bits per heavy atom. The maximum Gasteiger partial charge on any atom is 0.235 e. The predicted octanol–water partition coefficient (Wildman–Crippen LogP) is 1.37. The van der Waals surface area contributed by atoms with Gasteiger partial charge in [0, 0.05) is 17.5 Å². The van der Waals surface area contributed by atoms with E-state index in [0.29, 0.717) is 17.7 Å². The first-order valence-corrected chi connectivity index (χ1v) is 8.65. The third kappa shape index (κ3) is 3.66. The number of nitrogens with one attached hydrogen (secondary N) is 2. The molecule has 0 fully saturated rings. The number of sulfonamides is 1. The maximum atomic E-state index is 11.8. The molecule has 0 unspecified atom stereocenters. The lowest BCUT2D eigenvalue weighted by Gasteiger charge is -2.08. The number of nitrogens with zero attached hydrogens (tertiary/aromatic N) is 1. The van der Waals surface area contributed by atoms with E-state index in [9.17, 15) is 8.42 Å². The first kappa shape index (κ1) is 13.8. The van der Waals surface area contributed by atoms with Crippen LogP contribution in [-0.4, -0.2) is 31.7 Å². The van der Waals surface area contributed by atoms with Crippen LogP contribution in [0.5, 0.6) is 0 Å². The van der Waals surface area contributed by atoms with Crippen LogP contribution in [0.3, 0.4) is 0 Å². The third-order valence-electron chi connectivity index (χ3n) is 2.76. The molecule has 2 rings (SSSR count). The first-order valence-electron chi connectivity index (χ1n) is 6.19. The molecule has 18 heavy (non-hydrogen) atoms. The van der Waals surface area contributed by atoms with E-state index in [2.05, 4.69) is 15.0 Å². The number of fused-ring (bicyclic) bond motifs is 1. The number of anilines is 1. The summed E-state index contributed by atoms with van der Waals surface area (Å²) in [7, 11) is -3.28. The van der Waals surface area contributed by atoms with Crippen LogP contribution in [0.25, 0.3) is 0 Å². The van der Waals surface area contributed by atoms with Crippen molar-refractivity contribution in [1.29, 1.82) is 0 Å². The van der Waals surface area contributed by atoms with Gasteiger partial charge in [0.15, 0.2) is 5.13 Å². The van der Waals surface area contributed by atoms with Crippen LogP contribution in [0.2, 0.25) is 0 Å². The highest BCUT2D eigenvalue weighted by molar-refractivity contribution is 7.92. The van der Waals surface area contributed by atoms with Gasteiger partial charge in [-0.05, 0) is 19.3 Å². The van der Waals surface area contributed by atoms with Crippen LogP contribution in [0.15, 0.2) is 0 Å². The lowest BCUT2D eigenvalue weighted by atomic mass is 10.4. The molecule has 5 nitrogen and oxygen atoms in total. The highest BCUT2D eigenvalue weighted by atomic mass is 32.2. The third-order valence-corrected chi connectivity index (χ3v) is 5.21. The van der Waals surface area contributed by atoms with E-state index in [4.69, 9.17) is 0 Å². The van der Waals surface area contributed by atoms with Crippen LogP contribution in [0.4, 0.5) is 5.13 Å². The van der Waals surface area contributed by atoms with Crippen molar-refractivity contribution in [2.24, 2.45) is 0 Å². The molecule has 0 aliphatic heterocycles. The van der Waals surface area contributed by atoms with Crippen LogP contribution < -0.4 is 10.0 Å². The second kappa shape index (κ2) is 5.54. The van der Waals surface area contributed by atoms with Crippen LogP contribution in [0, 0.1) is 0 Å². The van der Waals surface area contributed by atoms with Gasteiger partial charge in [0.05, 0.1) is 11.4 Å². The van der Waals surface area contributed by atoms with Gasteiger partial charge < -0.3 is 5.32 Å². The zero-order chi connectivity index (χ0) is 13.2. The molecule has 1 aromatic rings. The molecule has 0 amide bonds. The molecule has 0 atom stereocenters. The van der Waals surface area contributed by atoms with E-state index in [1.807, 2.05) is 13.8 Å². The van der Waals surface area contributed by atoms with Gasteiger partial charge in [0.25, 0.3) is 0 Å². The van der Waals surface area contributed by atoms with E-state index in [1.165, 1.54) is 16.2 Å². The lowest BCUT2D eigenvalue weighted by molar-refractivity contribution is 0.582. The van der Waals surface area contributed by atoms with E-state index in [1.54, 1.807) is 0 Å². The van der Waals surface area contributed by atoms with Crippen molar-refractivity contribution in [1.82, 2.24) is 10.3 Å². The molecule has 0 aromatic carbocycles. The summed E-state index contributed by atoms with van der Waals surface area (Å²) in [6, 6.07) is 0.295. The quantitative estimate of drug-likeness (QED) is 0.830. The molecule has 1 heterocycles. The zero-order valence-electron chi connectivity index (χ0n) is 10.7. The summed E-state index contributed by atoms with van der Waals surface area (Å²) < 4.78 is 26.2. The second-order valence-corrected chi connectivity index (χ2v) is 7.70. The Bertz CT molecular complexity index is 487. The van der Waals surface area contributed by atoms with Crippen molar-refractivity contribution >= 4 is 26.5 Å². The standard InChI is InChI=1S/C11H19N3O2S2/c1-8(2)12-6-7-18(15,16)14-11-13-9-4-3-5-10(9)17-11/h8,12H,3-7H2,1-2H3,(H,13,14). The van der Waals surface area contributed by atoms with Gasteiger partial charge in [0.2, 0.25) is 10.0 Å². The lowest BCUT2D eigenvalue weighted by Crippen LogP contribution is -2.30. The van der Waals surface area contributed by atoms with Gasteiger partial charge in [-0.25, -0.2) is 13.4 Å². The largest absolute Gasteiger partial charge is 0.313 e. The smallest absolute Gasteiger partial charge is 0.235 e. The molecular formula is C11H19N3O2S2. The fraction of sp³-hybridized carbons (Fsp3) is 0.727. The SMILES string of the molecule is CC(C)NCCS(=O)(=O)Nc1nc2c(s1)CCC2. The Morgan fingerprint density at radius 2 is 2.17 bits per heavy atom. The summed E-state index contributed by atoms with van der Waals surface area (Å²) >= 11 is 1.47. The Morgan fingerprint density at radius 1 is 1.39 bits per heavy atom. The topological polar surface area (TPSA) is 71.1 Å². The van der Waals surface area contributed by atoms with Gasteiger partial charge >= 0.3 is 0 Å². The van der Waals surface area contributed by atoms with E-state index in [0.717, 1.165) is 25.0 Å². The first-order chi connectivity index (χ1) is 8.46. The number of hydrogen-bond donors (Lipinski definition) is 2. The Kier molecular flexibility index (Phi) is 4.24. The Labute approximate surface area is 112 Å². The zero-order valence-corrected chi connectivity index (χ0v) is 12.3. The average Bonchev–Trinajstić information content (AvgIpc) is 2.75. The minimum atomic E-state index is -3.28. The molecule has 102 valence electrons. The van der Waals surface area contributed by atoms with Gasteiger partial charge in [-0.15, -0.1) is 11.3 Å². The highest BCUT2D eigenvalue weighted by Gasteiger charge is 2.19. The Hall–Kier alpha value is -0.660. The van der Waals surface area contributed by atoms with Crippen LogP contribution in [-0.2, 0) is 22.9 Å². The van der Waals surface area contributed by atoms with E-state index < -0.39 is 10.0 Å². The molecule has 0 saturated carbocycles. The van der Waals surface area contributed by atoms with Crippen LogP contribution in [0.1, 0.15) is 30.8 Å². The highest BCUT2D eigenvalue weighted by Crippen LogP contribution is 2.30. The number of aromatic nitrogens is 1. The minimum absolute atomic E-state index is 0.0788. The molecule has 1 aliphatic carbocycles.